The third-order valence-electron chi connectivity index (χ3n) is 2.65. The highest BCUT2D eigenvalue weighted by atomic mass is 19.3. The quantitative estimate of drug-likeness (QED) is 0.450. The van der Waals surface area contributed by atoms with Crippen molar-refractivity contribution in [3.05, 3.63) is 0 Å². The number of alkyl halides is 2. The molecular weight excluding hydrogens is 172 g/mol. The van der Waals surface area contributed by atoms with Crippen molar-refractivity contribution in [3.8, 4) is 0 Å². The number of rotatable bonds is 6. The summed E-state index contributed by atoms with van der Waals surface area (Å²) in [7, 11) is 1.66. The zero-order chi connectivity index (χ0) is 10.5. The number of halogens is 2. The molecule has 0 aromatic rings. The maximum absolute atomic E-state index is 13.5. The molecule has 0 aromatic heterocycles. The van der Waals surface area contributed by atoms with E-state index in [1.165, 1.54) is 0 Å². The second-order valence-corrected chi connectivity index (χ2v) is 3.86. The van der Waals surface area contributed by atoms with Crippen molar-refractivity contribution in [2.75, 3.05) is 20.1 Å². The molecule has 0 aliphatic carbocycles. The zero-order valence-electron chi connectivity index (χ0n) is 9.24. The van der Waals surface area contributed by atoms with Crippen molar-refractivity contribution in [2.24, 2.45) is 0 Å². The Hall–Kier alpha value is -0.180. The van der Waals surface area contributed by atoms with Crippen LogP contribution in [0.3, 0.4) is 0 Å². The molecule has 0 amide bonds. The van der Waals surface area contributed by atoms with Gasteiger partial charge in [0.15, 0.2) is 0 Å². The van der Waals surface area contributed by atoms with Gasteiger partial charge in [0.2, 0.25) is 0 Å². The highest BCUT2D eigenvalue weighted by Crippen LogP contribution is 2.30. The van der Waals surface area contributed by atoms with Gasteiger partial charge in [0.25, 0.3) is 0 Å². The van der Waals surface area contributed by atoms with Crippen LogP contribution in [0.2, 0.25) is 0 Å². The first-order valence-electron chi connectivity index (χ1n) is 5.16. The molecule has 1 nitrogen and oxygen atoms in total. The Labute approximate surface area is 80.3 Å². The van der Waals surface area contributed by atoms with E-state index in [0.29, 0.717) is 13.1 Å². The van der Waals surface area contributed by atoms with Crippen LogP contribution >= 0.6 is 0 Å². The van der Waals surface area contributed by atoms with E-state index >= 15 is 0 Å². The standard InChI is InChI=1S/C10H22F2N/c1-5-8-13(4,9-6-2)10(11,12)7-3/h5-9H2,1-4H3/q+1. The van der Waals surface area contributed by atoms with E-state index in [2.05, 4.69) is 0 Å². The summed E-state index contributed by atoms with van der Waals surface area (Å²) in [4.78, 5) is 0. The van der Waals surface area contributed by atoms with Crippen LogP contribution in [0.5, 0.6) is 0 Å². The molecule has 3 heteroatoms. The van der Waals surface area contributed by atoms with Crippen molar-refractivity contribution in [1.29, 1.82) is 0 Å². The van der Waals surface area contributed by atoms with E-state index in [4.69, 9.17) is 0 Å². The Kier molecular flexibility index (Phi) is 4.82. The fourth-order valence-corrected chi connectivity index (χ4v) is 1.81. The van der Waals surface area contributed by atoms with Gasteiger partial charge in [-0.1, -0.05) is 20.8 Å². The molecule has 0 unspecified atom stereocenters. The molecule has 0 radical (unpaired) electrons. The van der Waals surface area contributed by atoms with Gasteiger partial charge in [0.05, 0.1) is 26.6 Å². The molecule has 0 saturated carbocycles. The fraction of sp³-hybridized carbons (Fsp3) is 1.00. The van der Waals surface area contributed by atoms with Gasteiger partial charge in [-0.3, -0.25) is 4.48 Å². The molecule has 0 spiro atoms. The third kappa shape index (κ3) is 2.90. The second-order valence-electron chi connectivity index (χ2n) is 3.86. The number of hydrogen-bond donors (Lipinski definition) is 0. The first kappa shape index (κ1) is 12.8. The zero-order valence-corrected chi connectivity index (χ0v) is 9.24. The lowest BCUT2D eigenvalue weighted by Gasteiger charge is -2.40. The topological polar surface area (TPSA) is 0 Å². The Morgan fingerprint density at radius 2 is 1.38 bits per heavy atom. The average Bonchev–Trinajstić information content (AvgIpc) is 2.05. The van der Waals surface area contributed by atoms with Crippen LogP contribution in [0.1, 0.15) is 40.0 Å². The highest BCUT2D eigenvalue weighted by Gasteiger charge is 2.46. The lowest BCUT2D eigenvalue weighted by molar-refractivity contribution is -0.993. The molecule has 0 saturated heterocycles. The molecule has 0 aliphatic rings. The van der Waals surface area contributed by atoms with Crippen LogP contribution in [0, 0.1) is 0 Å². The maximum Gasteiger partial charge on any atom is 0.390 e. The highest BCUT2D eigenvalue weighted by molar-refractivity contribution is 4.52. The summed E-state index contributed by atoms with van der Waals surface area (Å²) < 4.78 is 27.0. The summed E-state index contributed by atoms with van der Waals surface area (Å²) in [5.41, 5.74) is 0. The van der Waals surface area contributed by atoms with Gasteiger partial charge in [-0.2, -0.15) is 0 Å². The van der Waals surface area contributed by atoms with Gasteiger partial charge in [0, 0.05) is 0 Å². The molecule has 0 heterocycles. The monoisotopic (exact) mass is 194 g/mol. The lowest BCUT2D eigenvalue weighted by Crippen LogP contribution is -2.57. The van der Waals surface area contributed by atoms with E-state index in [-0.39, 0.29) is 10.9 Å². The molecule has 0 rings (SSSR count). The van der Waals surface area contributed by atoms with E-state index in [1.807, 2.05) is 13.8 Å². The Balaban J connectivity index is 4.55. The van der Waals surface area contributed by atoms with Crippen molar-refractivity contribution in [1.82, 2.24) is 0 Å². The van der Waals surface area contributed by atoms with Crippen LogP contribution < -0.4 is 0 Å². The Morgan fingerprint density at radius 3 is 1.62 bits per heavy atom. The van der Waals surface area contributed by atoms with Crippen LogP contribution in [0.25, 0.3) is 0 Å². The average molecular weight is 194 g/mol. The fourth-order valence-electron chi connectivity index (χ4n) is 1.81. The van der Waals surface area contributed by atoms with Gasteiger partial charge >= 0.3 is 6.05 Å². The molecule has 0 fully saturated rings. The predicted molar refractivity (Wildman–Crippen MR) is 51.7 cm³/mol. The van der Waals surface area contributed by atoms with Crippen LogP contribution in [-0.2, 0) is 0 Å². The molecule has 0 atom stereocenters. The largest absolute Gasteiger partial charge is 0.390 e. The summed E-state index contributed by atoms with van der Waals surface area (Å²) in [6, 6.07) is -2.56. The van der Waals surface area contributed by atoms with E-state index in [0.717, 1.165) is 12.8 Å². The molecule has 0 bridgehead atoms. The van der Waals surface area contributed by atoms with E-state index in [9.17, 15) is 8.78 Å². The van der Waals surface area contributed by atoms with Gasteiger partial charge < -0.3 is 0 Å². The molecule has 0 N–H and O–H groups in total. The molecule has 80 valence electrons. The van der Waals surface area contributed by atoms with Gasteiger partial charge in [-0.25, -0.2) is 0 Å². The SMILES string of the molecule is CCC[N+](C)(CCC)C(F)(F)CC. The Morgan fingerprint density at radius 1 is 1.00 bits per heavy atom. The van der Waals surface area contributed by atoms with Crippen LogP contribution in [0.15, 0.2) is 0 Å². The van der Waals surface area contributed by atoms with Gasteiger partial charge in [-0.05, 0) is 12.8 Å². The summed E-state index contributed by atoms with van der Waals surface area (Å²) >= 11 is 0. The molecule has 0 aromatic carbocycles. The summed E-state index contributed by atoms with van der Waals surface area (Å²) in [5.74, 6) is 0. The molecular formula is C10H22F2N+. The van der Waals surface area contributed by atoms with Crippen molar-refractivity contribution >= 4 is 0 Å². The maximum atomic E-state index is 13.5. The first-order valence-corrected chi connectivity index (χ1v) is 5.16. The minimum Gasteiger partial charge on any atom is -0.266 e. The van der Waals surface area contributed by atoms with Gasteiger partial charge in [0.1, 0.15) is 0 Å². The number of nitrogens with zero attached hydrogens (tertiary/aromatic N) is 1. The van der Waals surface area contributed by atoms with E-state index < -0.39 is 6.05 Å². The summed E-state index contributed by atoms with van der Waals surface area (Å²) in [5, 5.41) is 0. The number of quaternary nitrogens is 1. The van der Waals surface area contributed by atoms with Crippen LogP contribution in [0.4, 0.5) is 8.78 Å². The van der Waals surface area contributed by atoms with E-state index in [1.54, 1.807) is 14.0 Å². The lowest BCUT2D eigenvalue weighted by atomic mass is 10.2. The Bertz CT molecular complexity index is 140. The van der Waals surface area contributed by atoms with Crippen molar-refractivity contribution < 1.29 is 13.3 Å². The van der Waals surface area contributed by atoms with Gasteiger partial charge in [-0.15, -0.1) is 8.78 Å². The predicted octanol–water partition coefficient (Wildman–Crippen LogP) is 3.26. The smallest absolute Gasteiger partial charge is 0.266 e. The van der Waals surface area contributed by atoms with Crippen LogP contribution in [-0.4, -0.2) is 30.7 Å². The first-order chi connectivity index (χ1) is 5.93. The minimum atomic E-state index is -2.56. The number of hydrogen-bond acceptors (Lipinski definition) is 0. The third-order valence-corrected chi connectivity index (χ3v) is 2.65. The molecule has 13 heavy (non-hydrogen) atoms. The normalized spacial score (nSPS) is 13.4. The van der Waals surface area contributed by atoms with Crippen molar-refractivity contribution in [3.63, 3.8) is 0 Å². The summed E-state index contributed by atoms with van der Waals surface area (Å²) in [6.07, 6.45) is 1.56. The summed E-state index contributed by atoms with van der Waals surface area (Å²) in [6.45, 7) is 6.60. The second kappa shape index (κ2) is 4.89. The molecule has 0 aliphatic heterocycles. The van der Waals surface area contributed by atoms with Crippen molar-refractivity contribution in [2.45, 2.75) is 46.1 Å². The minimum absolute atomic E-state index is 0.0660.